The van der Waals surface area contributed by atoms with Crippen molar-refractivity contribution in [2.24, 2.45) is 5.92 Å². The predicted octanol–water partition coefficient (Wildman–Crippen LogP) is 1.28. The van der Waals surface area contributed by atoms with Gasteiger partial charge in [-0.05, 0) is 20.8 Å². The molecule has 0 aliphatic carbocycles. The molecule has 1 rings (SSSR count). The van der Waals surface area contributed by atoms with Gasteiger partial charge < -0.3 is 9.64 Å². The van der Waals surface area contributed by atoms with Crippen molar-refractivity contribution in [3.63, 3.8) is 0 Å². The fourth-order valence-electron chi connectivity index (χ4n) is 1.15. The molecule has 0 bridgehead atoms. The van der Waals surface area contributed by atoms with E-state index in [2.05, 4.69) is 0 Å². The monoisotopic (exact) mass is 186 g/mol. The Balaban J connectivity index is 2.27. The summed E-state index contributed by atoms with van der Waals surface area (Å²) in [6.07, 6.45) is -0.308. The lowest BCUT2D eigenvalue weighted by atomic mass is 10.0. The SMILES string of the molecule is CC(C)(C)OC(=O)N1CC(C[O])C1. The minimum atomic E-state index is -0.445. The van der Waals surface area contributed by atoms with Gasteiger partial charge in [0.2, 0.25) is 0 Å². The normalized spacial score (nSPS) is 18.3. The molecule has 4 heteroatoms. The van der Waals surface area contributed by atoms with E-state index in [1.165, 1.54) is 0 Å². The predicted molar refractivity (Wildman–Crippen MR) is 46.9 cm³/mol. The lowest BCUT2D eigenvalue weighted by molar-refractivity contribution is -0.0168. The molecule has 75 valence electrons. The van der Waals surface area contributed by atoms with Crippen LogP contribution in [0.5, 0.6) is 0 Å². The van der Waals surface area contributed by atoms with Crippen LogP contribution in [0.15, 0.2) is 0 Å². The van der Waals surface area contributed by atoms with Gasteiger partial charge in [-0.3, -0.25) is 0 Å². The zero-order valence-electron chi connectivity index (χ0n) is 8.37. The fourth-order valence-corrected chi connectivity index (χ4v) is 1.15. The molecule has 0 saturated carbocycles. The van der Waals surface area contributed by atoms with Crippen molar-refractivity contribution in [3.05, 3.63) is 0 Å². The second kappa shape index (κ2) is 3.54. The van der Waals surface area contributed by atoms with Gasteiger partial charge in [0.05, 0.1) is 6.61 Å². The topological polar surface area (TPSA) is 49.4 Å². The molecule has 4 nitrogen and oxygen atoms in total. The zero-order chi connectivity index (χ0) is 10.1. The van der Waals surface area contributed by atoms with Crippen LogP contribution in [0.3, 0.4) is 0 Å². The van der Waals surface area contributed by atoms with E-state index in [-0.39, 0.29) is 18.6 Å². The average Bonchev–Trinajstić information content (AvgIpc) is 1.79. The summed E-state index contributed by atoms with van der Waals surface area (Å²) < 4.78 is 5.12. The standard InChI is InChI=1S/C9H16NO3/c1-9(2,3)13-8(12)10-4-7(5-10)6-11/h7H,4-6H2,1-3H3. The maximum Gasteiger partial charge on any atom is 0.410 e. The zero-order valence-corrected chi connectivity index (χ0v) is 8.37. The number of rotatable bonds is 1. The van der Waals surface area contributed by atoms with E-state index in [1.54, 1.807) is 4.90 Å². The summed E-state index contributed by atoms with van der Waals surface area (Å²) in [5.41, 5.74) is -0.445. The van der Waals surface area contributed by atoms with Crippen LogP contribution in [0.25, 0.3) is 0 Å². The Morgan fingerprint density at radius 3 is 2.38 bits per heavy atom. The fraction of sp³-hybridized carbons (Fsp3) is 0.889. The van der Waals surface area contributed by atoms with Gasteiger partial charge in [-0.1, -0.05) is 0 Å². The molecule has 0 aromatic carbocycles. The number of carbonyl (C=O) groups excluding carboxylic acids is 1. The molecule has 0 atom stereocenters. The summed E-state index contributed by atoms with van der Waals surface area (Å²) in [6, 6.07) is 0. The van der Waals surface area contributed by atoms with Crippen LogP contribution >= 0.6 is 0 Å². The highest BCUT2D eigenvalue weighted by molar-refractivity contribution is 5.69. The van der Waals surface area contributed by atoms with E-state index in [4.69, 9.17) is 4.74 Å². The third-order valence-corrected chi connectivity index (χ3v) is 1.84. The Morgan fingerprint density at radius 1 is 1.46 bits per heavy atom. The molecule has 0 spiro atoms. The van der Waals surface area contributed by atoms with Gasteiger partial charge >= 0.3 is 6.09 Å². The van der Waals surface area contributed by atoms with E-state index in [9.17, 15) is 9.90 Å². The van der Waals surface area contributed by atoms with Crippen LogP contribution in [-0.4, -0.2) is 36.3 Å². The van der Waals surface area contributed by atoms with Crippen molar-refractivity contribution in [3.8, 4) is 0 Å². The summed E-state index contributed by atoms with van der Waals surface area (Å²) in [5.74, 6) is 0.132. The van der Waals surface area contributed by atoms with Crippen LogP contribution in [-0.2, 0) is 9.84 Å². The Bertz CT molecular complexity index is 192. The summed E-state index contributed by atoms with van der Waals surface area (Å²) in [7, 11) is 0. The van der Waals surface area contributed by atoms with Crippen LogP contribution < -0.4 is 0 Å². The molecule has 1 heterocycles. The molecule has 0 aromatic heterocycles. The van der Waals surface area contributed by atoms with Crippen LogP contribution in [0, 0.1) is 5.92 Å². The molecule has 1 fully saturated rings. The van der Waals surface area contributed by atoms with Gasteiger partial charge in [-0.25, -0.2) is 9.90 Å². The summed E-state index contributed by atoms with van der Waals surface area (Å²) in [5, 5.41) is 10.4. The molecule has 0 N–H and O–H groups in total. The second-order valence-corrected chi connectivity index (χ2v) is 4.42. The molecule has 1 aliphatic rings. The largest absolute Gasteiger partial charge is 0.444 e. The van der Waals surface area contributed by atoms with Gasteiger partial charge in [0, 0.05) is 19.0 Å². The van der Waals surface area contributed by atoms with E-state index in [0.29, 0.717) is 13.1 Å². The third-order valence-electron chi connectivity index (χ3n) is 1.84. The third kappa shape index (κ3) is 2.88. The van der Waals surface area contributed by atoms with Crippen LogP contribution in [0.2, 0.25) is 0 Å². The van der Waals surface area contributed by atoms with Gasteiger partial charge in [-0.15, -0.1) is 0 Å². The van der Waals surface area contributed by atoms with E-state index >= 15 is 0 Å². The van der Waals surface area contributed by atoms with Crippen molar-refractivity contribution >= 4 is 6.09 Å². The highest BCUT2D eigenvalue weighted by Gasteiger charge is 2.33. The van der Waals surface area contributed by atoms with Crippen molar-refractivity contribution in [1.82, 2.24) is 4.90 Å². The number of hydrogen-bond acceptors (Lipinski definition) is 2. The molecular weight excluding hydrogens is 170 g/mol. The molecular formula is C9H16NO3. The number of amides is 1. The number of likely N-dealkylation sites (tertiary alicyclic amines) is 1. The smallest absolute Gasteiger partial charge is 0.410 e. The number of carbonyl (C=O) groups is 1. The van der Waals surface area contributed by atoms with Gasteiger partial charge in [-0.2, -0.15) is 0 Å². The van der Waals surface area contributed by atoms with Crippen molar-refractivity contribution in [2.75, 3.05) is 19.7 Å². The maximum absolute atomic E-state index is 11.3. The van der Waals surface area contributed by atoms with Crippen LogP contribution in [0.1, 0.15) is 20.8 Å². The van der Waals surface area contributed by atoms with E-state index < -0.39 is 5.60 Å². The molecule has 1 amide bonds. The van der Waals surface area contributed by atoms with E-state index in [0.717, 1.165) is 0 Å². The molecule has 1 radical (unpaired) electrons. The molecule has 0 unspecified atom stereocenters. The summed E-state index contributed by atoms with van der Waals surface area (Å²) in [4.78, 5) is 12.9. The van der Waals surface area contributed by atoms with E-state index in [1.807, 2.05) is 20.8 Å². The van der Waals surface area contributed by atoms with Gasteiger partial charge in [0.1, 0.15) is 5.60 Å². The second-order valence-electron chi connectivity index (χ2n) is 4.42. The maximum atomic E-state index is 11.3. The Kier molecular flexibility index (Phi) is 2.81. The van der Waals surface area contributed by atoms with Crippen LogP contribution in [0.4, 0.5) is 4.79 Å². The summed E-state index contributed by atoms with van der Waals surface area (Å²) >= 11 is 0. The van der Waals surface area contributed by atoms with Crippen molar-refractivity contribution in [2.45, 2.75) is 26.4 Å². The molecule has 13 heavy (non-hydrogen) atoms. The molecule has 1 aliphatic heterocycles. The summed E-state index contributed by atoms with van der Waals surface area (Å²) in [6.45, 7) is 6.50. The minimum Gasteiger partial charge on any atom is -0.444 e. The highest BCUT2D eigenvalue weighted by atomic mass is 16.6. The Hall–Kier alpha value is -0.770. The van der Waals surface area contributed by atoms with Gasteiger partial charge in [0.15, 0.2) is 0 Å². The highest BCUT2D eigenvalue weighted by Crippen LogP contribution is 2.18. The number of hydrogen-bond donors (Lipinski definition) is 0. The first-order chi connectivity index (χ1) is 5.92. The quantitative estimate of drug-likeness (QED) is 0.619. The van der Waals surface area contributed by atoms with Crippen molar-refractivity contribution in [1.29, 1.82) is 0 Å². The molecule has 1 saturated heterocycles. The Labute approximate surface area is 78.5 Å². The van der Waals surface area contributed by atoms with Crippen molar-refractivity contribution < 1.29 is 14.6 Å². The first-order valence-corrected chi connectivity index (χ1v) is 4.48. The van der Waals surface area contributed by atoms with Gasteiger partial charge in [0.25, 0.3) is 0 Å². The lowest BCUT2D eigenvalue weighted by Gasteiger charge is -2.38. The number of ether oxygens (including phenoxy) is 1. The minimum absolute atomic E-state index is 0.0979. The number of nitrogens with zero attached hydrogens (tertiary/aromatic N) is 1. The first kappa shape index (κ1) is 10.3. The lowest BCUT2D eigenvalue weighted by Crippen LogP contribution is -2.52. The average molecular weight is 186 g/mol. The first-order valence-electron chi connectivity index (χ1n) is 4.48. The molecule has 0 aromatic rings. The Morgan fingerprint density at radius 2 is 2.00 bits per heavy atom.